The fourth-order valence-electron chi connectivity index (χ4n) is 1.91. The van der Waals surface area contributed by atoms with Crippen molar-refractivity contribution in [2.24, 2.45) is 5.92 Å². The van der Waals surface area contributed by atoms with Crippen LogP contribution < -0.4 is 5.32 Å². The van der Waals surface area contributed by atoms with E-state index in [0.717, 1.165) is 18.1 Å². The van der Waals surface area contributed by atoms with Gasteiger partial charge < -0.3 is 5.32 Å². The Bertz CT molecular complexity index is 552. The average Bonchev–Trinajstić information content (AvgIpc) is 2.47. The van der Waals surface area contributed by atoms with Crippen LogP contribution in [0.4, 0.5) is 4.39 Å². The molecule has 1 aromatic rings. The normalized spacial score (nSPS) is 16.2. The molecule has 3 unspecified atom stereocenters. The number of carbonyl (C=O) groups is 3. The van der Waals surface area contributed by atoms with Gasteiger partial charge in [0.25, 0.3) is 0 Å². The molecule has 5 heteroatoms. The van der Waals surface area contributed by atoms with E-state index in [2.05, 4.69) is 5.32 Å². The monoisotopic (exact) mass is 307 g/mol. The standard InChI is InChI=1S/C17H22FNO3/c1-11-5-7-14(8-6-11)9-15(13(3)21)19-16(22)12(2)17(4,18)10-20/h5-8,10,12,15H,9H2,1-4H3,(H,19,22). The molecule has 0 bridgehead atoms. The van der Waals surface area contributed by atoms with Gasteiger partial charge in [0.05, 0.1) is 12.0 Å². The summed E-state index contributed by atoms with van der Waals surface area (Å²) in [6.07, 6.45) is 0.443. The molecule has 0 spiro atoms. The zero-order chi connectivity index (χ0) is 16.9. The van der Waals surface area contributed by atoms with Crippen LogP contribution in [0.15, 0.2) is 24.3 Å². The Hall–Kier alpha value is -2.04. The number of hydrogen-bond acceptors (Lipinski definition) is 3. The Labute approximate surface area is 130 Å². The summed E-state index contributed by atoms with van der Waals surface area (Å²) in [6.45, 7) is 5.70. The highest BCUT2D eigenvalue weighted by atomic mass is 19.1. The molecule has 1 N–H and O–H groups in total. The number of Topliss-reactive ketones (excluding diaryl/α,β-unsaturated/α-hetero) is 1. The summed E-state index contributed by atoms with van der Waals surface area (Å²) < 4.78 is 13.9. The summed E-state index contributed by atoms with van der Waals surface area (Å²) in [5, 5.41) is 2.53. The van der Waals surface area contributed by atoms with E-state index in [1.807, 2.05) is 31.2 Å². The number of benzene rings is 1. The van der Waals surface area contributed by atoms with Crippen LogP contribution in [-0.2, 0) is 20.8 Å². The molecule has 0 fully saturated rings. The van der Waals surface area contributed by atoms with Crippen LogP contribution in [0.2, 0.25) is 0 Å². The Morgan fingerprint density at radius 3 is 2.32 bits per heavy atom. The fraction of sp³-hybridized carbons (Fsp3) is 0.471. The number of carbonyl (C=O) groups excluding carboxylic acids is 3. The molecule has 1 rings (SSSR count). The van der Waals surface area contributed by atoms with Crippen molar-refractivity contribution in [1.82, 2.24) is 5.32 Å². The zero-order valence-electron chi connectivity index (χ0n) is 13.4. The molecule has 4 nitrogen and oxygen atoms in total. The second-order valence-electron chi connectivity index (χ2n) is 5.85. The molecule has 0 radical (unpaired) electrons. The highest BCUT2D eigenvalue weighted by molar-refractivity contribution is 5.90. The van der Waals surface area contributed by atoms with Gasteiger partial charge in [-0.05, 0) is 32.8 Å². The van der Waals surface area contributed by atoms with Gasteiger partial charge in [0.1, 0.15) is 0 Å². The van der Waals surface area contributed by atoms with Crippen molar-refractivity contribution >= 4 is 18.0 Å². The third kappa shape index (κ3) is 4.76. The van der Waals surface area contributed by atoms with E-state index < -0.39 is 23.5 Å². The minimum atomic E-state index is -2.25. The highest BCUT2D eigenvalue weighted by Gasteiger charge is 2.36. The zero-order valence-corrected chi connectivity index (χ0v) is 13.4. The van der Waals surface area contributed by atoms with E-state index in [4.69, 9.17) is 0 Å². The lowest BCUT2D eigenvalue weighted by Gasteiger charge is -2.24. The molecule has 0 saturated heterocycles. The molecular weight excluding hydrogens is 285 g/mol. The number of nitrogens with one attached hydrogen (secondary N) is 1. The quantitative estimate of drug-likeness (QED) is 0.785. The molecule has 0 saturated carbocycles. The van der Waals surface area contributed by atoms with Gasteiger partial charge in [-0.25, -0.2) is 4.39 Å². The second kappa shape index (κ2) is 7.29. The summed E-state index contributed by atoms with van der Waals surface area (Å²) in [5.74, 6) is -2.03. The molecule has 22 heavy (non-hydrogen) atoms. The van der Waals surface area contributed by atoms with E-state index in [9.17, 15) is 18.8 Å². The van der Waals surface area contributed by atoms with Crippen molar-refractivity contribution in [3.63, 3.8) is 0 Å². The maximum atomic E-state index is 13.9. The number of hydrogen-bond donors (Lipinski definition) is 1. The van der Waals surface area contributed by atoms with Gasteiger partial charge in [0, 0.05) is 0 Å². The fourth-order valence-corrected chi connectivity index (χ4v) is 1.91. The molecule has 0 heterocycles. The van der Waals surface area contributed by atoms with Gasteiger partial charge in [-0.2, -0.15) is 0 Å². The number of halogens is 1. The Morgan fingerprint density at radius 2 is 1.86 bits per heavy atom. The molecule has 1 amide bonds. The molecule has 1 aromatic carbocycles. The summed E-state index contributed by atoms with van der Waals surface area (Å²) in [7, 11) is 0. The number of rotatable bonds is 7. The topological polar surface area (TPSA) is 63.2 Å². The Morgan fingerprint density at radius 1 is 1.32 bits per heavy atom. The first-order valence-electron chi connectivity index (χ1n) is 7.19. The van der Waals surface area contributed by atoms with Crippen LogP contribution in [0.5, 0.6) is 0 Å². The van der Waals surface area contributed by atoms with Crippen molar-refractivity contribution in [1.29, 1.82) is 0 Å². The molecule has 0 aromatic heterocycles. The number of aldehydes is 1. The van der Waals surface area contributed by atoms with Crippen LogP contribution in [0.3, 0.4) is 0 Å². The van der Waals surface area contributed by atoms with E-state index in [1.54, 1.807) is 0 Å². The largest absolute Gasteiger partial charge is 0.346 e. The first-order valence-corrected chi connectivity index (χ1v) is 7.19. The maximum absolute atomic E-state index is 13.9. The molecule has 0 aliphatic heterocycles. The van der Waals surface area contributed by atoms with Gasteiger partial charge in [-0.15, -0.1) is 0 Å². The van der Waals surface area contributed by atoms with Crippen LogP contribution in [0.25, 0.3) is 0 Å². The third-order valence-electron chi connectivity index (χ3n) is 3.84. The molecule has 3 atom stereocenters. The lowest BCUT2D eigenvalue weighted by Crippen LogP contribution is -2.48. The molecule has 120 valence electrons. The van der Waals surface area contributed by atoms with E-state index in [1.165, 1.54) is 13.8 Å². The summed E-state index contributed by atoms with van der Waals surface area (Å²) in [6, 6.07) is 6.86. The maximum Gasteiger partial charge on any atom is 0.227 e. The van der Waals surface area contributed by atoms with Crippen LogP contribution >= 0.6 is 0 Å². The van der Waals surface area contributed by atoms with Gasteiger partial charge >= 0.3 is 0 Å². The van der Waals surface area contributed by atoms with Gasteiger partial charge in [-0.1, -0.05) is 36.8 Å². The number of alkyl halides is 1. The SMILES string of the molecule is CC(=O)C(Cc1ccc(C)cc1)NC(=O)C(C)C(C)(F)C=O. The van der Waals surface area contributed by atoms with E-state index in [-0.39, 0.29) is 12.1 Å². The third-order valence-corrected chi connectivity index (χ3v) is 3.84. The first kappa shape index (κ1) is 18.0. The lowest BCUT2D eigenvalue weighted by molar-refractivity contribution is -0.136. The minimum absolute atomic E-state index is 0.111. The lowest BCUT2D eigenvalue weighted by atomic mass is 9.92. The Kier molecular flexibility index (Phi) is 5.97. The minimum Gasteiger partial charge on any atom is -0.346 e. The van der Waals surface area contributed by atoms with Crippen LogP contribution in [-0.4, -0.2) is 29.7 Å². The number of aryl methyl sites for hydroxylation is 1. The summed E-state index contributed by atoms with van der Waals surface area (Å²) in [5.41, 5.74) is -0.257. The van der Waals surface area contributed by atoms with Gasteiger partial charge in [-0.3, -0.25) is 14.4 Å². The predicted molar refractivity (Wildman–Crippen MR) is 82.2 cm³/mol. The highest BCUT2D eigenvalue weighted by Crippen LogP contribution is 2.19. The van der Waals surface area contributed by atoms with Gasteiger partial charge in [0.15, 0.2) is 17.7 Å². The van der Waals surface area contributed by atoms with Crippen LogP contribution in [0, 0.1) is 12.8 Å². The number of amides is 1. The summed E-state index contributed by atoms with van der Waals surface area (Å²) in [4.78, 5) is 34.5. The van der Waals surface area contributed by atoms with Crippen molar-refractivity contribution < 1.29 is 18.8 Å². The van der Waals surface area contributed by atoms with Crippen molar-refractivity contribution in [3.8, 4) is 0 Å². The van der Waals surface area contributed by atoms with Crippen molar-refractivity contribution in [3.05, 3.63) is 35.4 Å². The van der Waals surface area contributed by atoms with Crippen molar-refractivity contribution in [2.75, 3.05) is 0 Å². The van der Waals surface area contributed by atoms with Gasteiger partial charge in [0.2, 0.25) is 5.91 Å². The van der Waals surface area contributed by atoms with E-state index in [0.29, 0.717) is 6.42 Å². The molecule has 0 aliphatic rings. The molecule has 0 aliphatic carbocycles. The first-order chi connectivity index (χ1) is 10.2. The second-order valence-corrected chi connectivity index (χ2v) is 5.85. The van der Waals surface area contributed by atoms with Crippen molar-refractivity contribution in [2.45, 2.75) is 45.8 Å². The smallest absolute Gasteiger partial charge is 0.227 e. The molecular formula is C17H22FNO3. The van der Waals surface area contributed by atoms with Crippen LogP contribution in [0.1, 0.15) is 31.9 Å². The summed E-state index contributed by atoms with van der Waals surface area (Å²) >= 11 is 0. The average molecular weight is 307 g/mol. The Balaban J connectivity index is 2.80. The number of ketones is 1. The predicted octanol–water partition coefficient (Wildman–Crippen LogP) is 2.17. The van der Waals surface area contributed by atoms with E-state index >= 15 is 0 Å².